The summed E-state index contributed by atoms with van der Waals surface area (Å²) in [5, 5.41) is 0. The summed E-state index contributed by atoms with van der Waals surface area (Å²) >= 11 is 0. The number of rotatable bonds is 0. The van der Waals surface area contributed by atoms with Crippen LogP contribution in [0.5, 0.6) is 0 Å². The zero-order valence-electron chi connectivity index (χ0n) is 4.49. The summed E-state index contributed by atoms with van der Waals surface area (Å²) in [6.45, 7) is 10.0. The molecule has 0 saturated heterocycles. The summed E-state index contributed by atoms with van der Waals surface area (Å²) in [6.07, 6.45) is 0. The zero-order chi connectivity index (χ0) is 4.00. The summed E-state index contributed by atoms with van der Waals surface area (Å²) in [5.74, 6) is 0. The maximum absolute atomic E-state index is 3.25. The molecule has 6 heavy (non-hydrogen) atoms. The molecule has 37 valence electrons. The Hall–Kier alpha value is 0.843. The second kappa shape index (κ2) is 193. The van der Waals surface area contributed by atoms with E-state index in [1.54, 1.807) is 13.8 Å². The van der Waals surface area contributed by atoms with Crippen molar-refractivity contribution < 1.29 is 26.2 Å². The Kier molecular flexibility index (Phi) is 929. The van der Waals surface area contributed by atoms with Crippen LogP contribution >= 0.6 is 0 Å². The van der Waals surface area contributed by atoms with Crippen molar-refractivity contribution in [1.29, 1.82) is 0 Å². The zero-order valence-corrected chi connectivity index (χ0v) is 6.95. The topological polar surface area (TPSA) is 33.5 Å². The van der Waals surface area contributed by atoms with Gasteiger partial charge in [-0.3, -0.25) is 0 Å². The molecule has 1 nitrogen and oxygen atoms in total. The van der Waals surface area contributed by atoms with E-state index >= 15 is 0 Å². The van der Waals surface area contributed by atoms with Gasteiger partial charge in [-0.15, -0.1) is 0 Å². The predicted molar refractivity (Wildman–Crippen MR) is 27.3 cm³/mol. The van der Waals surface area contributed by atoms with E-state index in [2.05, 4.69) is 13.8 Å². The van der Waals surface area contributed by atoms with Crippen LogP contribution in [-0.4, -0.2) is 0 Å². The van der Waals surface area contributed by atoms with Gasteiger partial charge in [-0.25, -0.2) is 0 Å². The molecule has 0 bridgehead atoms. The van der Waals surface area contributed by atoms with Crippen molar-refractivity contribution in [3.63, 3.8) is 0 Å². The molecule has 0 aliphatic carbocycles. The Morgan fingerprint density at radius 2 is 0.833 bits per heavy atom. The molecular weight excluding hydrogens is 153 g/mol. The molecule has 0 amide bonds. The quantitative estimate of drug-likeness (QED) is 0.494. The van der Waals surface area contributed by atoms with Crippen LogP contribution in [0.4, 0.5) is 0 Å². The van der Waals surface area contributed by atoms with Gasteiger partial charge in [-0.2, -0.15) is 13.8 Å². The van der Waals surface area contributed by atoms with Gasteiger partial charge in [0.15, 0.2) is 0 Å². The van der Waals surface area contributed by atoms with Crippen LogP contribution in [0.2, 0.25) is 0 Å². The van der Waals surface area contributed by atoms with Crippen LogP contribution in [0, 0.1) is 13.8 Å². The fourth-order valence-electron chi connectivity index (χ4n) is 0. The van der Waals surface area contributed by atoms with E-state index in [4.69, 9.17) is 0 Å². The van der Waals surface area contributed by atoms with Crippen molar-refractivity contribution in [2.45, 2.75) is 13.8 Å². The molecular formula is C4H12NZr. The Bertz CT molecular complexity index is 7.51. The van der Waals surface area contributed by atoms with Crippen molar-refractivity contribution in [1.82, 2.24) is 0 Å². The molecule has 0 aromatic rings. The van der Waals surface area contributed by atoms with Crippen LogP contribution < -0.4 is 0 Å². The fraction of sp³-hybridized carbons (Fsp3) is 0.500. The van der Waals surface area contributed by atoms with E-state index < -0.39 is 0 Å². The fourth-order valence-corrected chi connectivity index (χ4v) is 0. The van der Waals surface area contributed by atoms with Crippen LogP contribution in [0.1, 0.15) is 13.8 Å². The summed E-state index contributed by atoms with van der Waals surface area (Å²) in [5.41, 5.74) is 0. The third kappa shape index (κ3) is 101. The van der Waals surface area contributed by atoms with Crippen molar-refractivity contribution >= 4 is 0 Å². The second-order valence-corrected chi connectivity index (χ2v) is 0. The van der Waals surface area contributed by atoms with Crippen molar-refractivity contribution in [3.05, 3.63) is 20.0 Å². The Balaban J connectivity index is -0.00000000500. The van der Waals surface area contributed by atoms with Gasteiger partial charge in [0.1, 0.15) is 0 Å². The first-order valence-corrected chi connectivity index (χ1v) is 1.41. The molecule has 0 fully saturated rings. The molecule has 0 aliphatic heterocycles. The van der Waals surface area contributed by atoms with Gasteiger partial charge < -0.3 is 20.0 Å². The molecule has 0 aliphatic rings. The van der Waals surface area contributed by atoms with E-state index in [-0.39, 0.29) is 32.4 Å². The van der Waals surface area contributed by atoms with Gasteiger partial charge >= 0.3 is 26.2 Å². The average Bonchev–Trinajstić information content (AvgIpc) is 1.50. The Labute approximate surface area is 60.2 Å². The summed E-state index contributed by atoms with van der Waals surface area (Å²) in [7, 11) is 0. The van der Waals surface area contributed by atoms with Gasteiger partial charge in [0.25, 0.3) is 0 Å². The number of hydrogen-bond donors (Lipinski definition) is 0. The van der Waals surface area contributed by atoms with Gasteiger partial charge in [-0.05, 0) is 0 Å². The monoisotopic (exact) mass is 164 g/mol. The van der Waals surface area contributed by atoms with Gasteiger partial charge in [0.05, 0.1) is 0 Å². The minimum Gasteiger partial charge on any atom is -0.693 e. The third-order valence-corrected chi connectivity index (χ3v) is 0. The molecule has 0 aromatic heterocycles. The van der Waals surface area contributed by atoms with Crippen LogP contribution in [-0.2, 0) is 26.2 Å². The smallest absolute Gasteiger partial charge is 0.693 e. The van der Waals surface area contributed by atoms with E-state index in [1.165, 1.54) is 0 Å². The Morgan fingerprint density at radius 1 is 0.833 bits per heavy atom. The van der Waals surface area contributed by atoms with Crippen molar-refractivity contribution in [3.8, 4) is 0 Å². The minimum atomic E-state index is 0. The summed E-state index contributed by atoms with van der Waals surface area (Å²) < 4.78 is 0. The SMILES string of the molecule is [CH2-]C.[CH2-]C.[NH2-].[Zr+3]. The molecule has 1 radical (unpaired) electrons. The molecule has 0 atom stereocenters. The van der Waals surface area contributed by atoms with Crippen LogP contribution in [0.25, 0.3) is 6.15 Å². The normalized spacial score (nSPS) is 2.00. The minimum absolute atomic E-state index is 0. The average molecular weight is 165 g/mol. The molecule has 0 saturated carbocycles. The summed E-state index contributed by atoms with van der Waals surface area (Å²) in [4.78, 5) is 0. The largest absolute Gasteiger partial charge is 3.00 e. The molecule has 2 N–H and O–H groups in total. The van der Waals surface area contributed by atoms with Gasteiger partial charge in [0.2, 0.25) is 0 Å². The summed E-state index contributed by atoms with van der Waals surface area (Å²) in [6, 6.07) is 0. The standard InChI is InChI=1S/2C2H5.H2N.Zr/c2*1-2;;/h2*1H2,2H3;1H2;/q3*-1;+3. The second-order valence-electron chi connectivity index (χ2n) is 0. The van der Waals surface area contributed by atoms with Gasteiger partial charge in [-0.1, -0.05) is 0 Å². The van der Waals surface area contributed by atoms with E-state index in [1.807, 2.05) is 0 Å². The number of hydrogen-bond acceptors (Lipinski definition) is 0. The van der Waals surface area contributed by atoms with Gasteiger partial charge in [0, 0.05) is 0 Å². The maximum Gasteiger partial charge on any atom is 3.00 e. The van der Waals surface area contributed by atoms with Crippen LogP contribution in [0.15, 0.2) is 0 Å². The van der Waals surface area contributed by atoms with E-state index in [0.717, 1.165) is 0 Å². The number of nitrogens with two attached hydrogens (primary N) is 1. The Morgan fingerprint density at radius 3 is 0.833 bits per heavy atom. The van der Waals surface area contributed by atoms with Crippen molar-refractivity contribution in [2.24, 2.45) is 0 Å². The molecule has 0 unspecified atom stereocenters. The van der Waals surface area contributed by atoms with E-state index in [0.29, 0.717) is 0 Å². The predicted octanol–water partition coefficient (Wildman–Crippen LogP) is 2.40. The van der Waals surface area contributed by atoms with Crippen molar-refractivity contribution in [2.75, 3.05) is 0 Å². The molecule has 0 heterocycles. The van der Waals surface area contributed by atoms with E-state index in [9.17, 15) is 0 Å². The maximum atomic E-state index is 3.25. The first kappa shape index (κ1) is 28.9. The third-order valence-electron chi connectivity index (χ3n) is 0. The first-order valence-electron chi connectivity index (χ1n) is 1.41. The molecule has 2 heteroatoms. The first-order chi connectivity index (χ1) is 2.00. The molecule has 0 rings (SSSR count). The molecule has 0 spiro atoms. The van der Waals surface area contributed by atoms with Crippen LogP contribution in [0.3, 0.4) is 0 Å². The molecule has 0 aromatic carbocycles.